The van der Waals surface area contributed by atoms with E-state index in [0.717, 1.165) is 0 Å². The molecule has 9 N–H and O–H groups in total. The van der Waals surface area contributed by atoms with Crippen molar-refractivity contribution in [3.05, 3.63) is 18.2 Å². The van der Waals surface area contributed by atoms with Gasteiger partial charge in [0, 0.05) is 24.7 Å². The van der Waals surface area contributed by atoms with E-state index in [-0.39, 0.29) is 12.8 Å². The van der Waals surface area contributed by atoms with Crippen LogP contribution in [0.1, 0.15) is 39.3 Å². The van der Waals surface area contributed by atoms with Crippen LogP contribution < -0.4 is 21.7 Å². The van der Waals surface area contributed by atoms with Crippen molar-refractivity contribution in [3.63, 3.8) is 0 Å². The van der Waals surface area contributed by atoms with Crippen molar-refractivity contribution >= 4 is 29.7 Å². The van der Waals surface area contributed by atoms with E-state index in [0.29, 0.717) is 5.69 Å². The second-order valence-corrected chi connectivity index (χ2v) is 8.17. The van der Waals surface area contributed by atoms with Gasteiger partial charge >= 0.3 is 11.9 Å². The van der Waals surface area contributed by atoms with Gasteiger partial charge in [-0.25, -0.2) is 9.78 Å². The predicted octanol–water partition coefficient (Wildman–Crippen LogP) is -2.28. The lowest BCUT2D eigenvalue weighted by molar-refractivity contribution is -0.143. The molecule has 0 saturated carbocycles. The zero-order valence-electron chi connectivity index (χ0n) is 19.1. The van der Waals surface area contributed by atoms with Gasteiger partial charge in [0.15, 0.2) is 0 Å². The van der Waals surface area contributed by atoms with Crippen LogP contribution in [0.4, 0.5) is 0 Å². The number of aromatic nitrogens is 2. The van der Waals surface area contributed by atoms with Gasteiger partial charge < -0.3 is 42.0 Å². The van der Waals surface area contributed by atoms with Gasteiger partial charge in [0.25, 0.3) is 0 Å². The van der Waals surface area contributed by atoms with Crippen molar-refractivity contribution in [1.29, 1.82) is 0 Å². The van der Waals surface area contributed by atoms with E-state index in [9.17, 15) is 34.2 Å². The smallest absolute Gasteiger partial charge is 0.326 e. The molecule has 0 aliphatic carbocycles. The Balaban J connectivity index is 3.01. The summed E-state index contributed by atoms with van der Waals surface area (Å²) in [5, 5.41) is 34.8. The third kappa shape index (κ3) is 9.15. The van der Waals surface area contributed by atoms with E-state index >= 15 is 0 Å². The molecule has 0 saturated heterocycles. The topological polar surface area (TPSA) is 237 Å². The van der Waals surface area contributed by atoms with Gasteiger partial charge in [0.05, 0.1) is 12.4 Å². The zero-order chi connectivity index (χ0) is 26.0. The quantitative estimate of drug-likeness (QED) is 0.141. The molecule has 5 unspecified atom stereocenters. The number of rotatable bonds is 14. The van der Waals surface area contributed by atoms with E-state index in [1.807, 2.05) is 0 Å². The first-order valence-electron chi connectivity index (χ1n) is 10.6. The highest BCUT2D eigenvalue weighted by Gasteiger charge is 2.32. The summed E-state index contributed by atoms with van der Waals surface area (Å²) in [7, 11) is 0. The Morgan fingerprint density at radius 3 is 2.09 bits per heavy atom. The first kappa shape index (κ1) is 28.5. The van der Waals surface area contributed by atoms with Gasteiger partial charge in [-0.05, 0) is 19.3 Å². The molecule has 0 aliphatic rings. The van der Waals surface area contributed by atoms with Crippen LogP contribution in [0, 0.1) is 5.92 Å². The average Bonchev–Trinajstić information content (AvgIpc) is 3.25. The van der Waals surface area contributed by atoms with E-state index in [4.69, 9.17) is 10.8 Å². The number of amides is 3. The number of nitrogens with zero attached hydrogens (tertiary/aromatic N) is 1. The number of aliphatic hydroxyl groups excluding tert-OH is 1. The highest BCUT2D eigenvalue weighted by atomic mass is 16.4. The van der Waals surface area contributed by atoms with Crippen LogP contribution in [-0.2, 0) is 30.4 Å². The number of nitrogens with two attached hydrogens (primary N) is 1. The van der Waals surface area contributed by atoms with E-state index in [1.54, 1.807) is 13.8 Å². The van der Waals surface area contributed by atoms with Gasteiger partial charge in [0.1, 0.15) is 24.2 Å². The lowest BCUT2D eigenvalue weighted by Crippen LogP contribution is -2.59. The largest absolute Gasteiger partial charge is 0.481 e. The summed E-state index contributed by atoms with van der Waals surface area (Å²) < 4.78 is 0. The van der Waals surface area contributed by atoms with E-state index in [2.05, 4.69) is 25.9 Å². The number of imidazole rings is 1. The second-order valence-electron chi connectivity index (χ2n) is 8.17. The number of hydrogen-bond acceptors (Lipinski definition) is 8. The lowest BCUT2D eigenvalue weighted by atomic mass is 10.0. The molecule has 14 nitrogen and oxygen atoms in total. The minimum Gasteiger partial charge on any atom is -0.481 e. The average molecular weight is 485 g/mol. The van der Waals surface area contributed by atoms with Gasteiger partial charge in [-0.2, -0.15) is 0 Å². The first-order valence-corrected chi connectivity index (χ1v) is 10.6. The summed E-state index contributed by atoms with van der Waals surface area (Å²) in [5.41, 5.74) is 6.13. The fourth-order valence-corrected chi connectivity index (χ4v) is 2.89. The summed E-state index contributed by atoms with van der Waals surface area (Å²) in [6, 6.07) is -5.15. The van der Waals surface area contributed by atoms with Crippen molar-refractivity contribution in [1.82, 2.24) is 25.9 Å². The molecule has 14 heteroatoms. The normalized spacial score (nSPS) is 15.5. The number of carbonyl (C=O) groups excluding carboxylic acids is 3. The molecule has 1 heterocycles. The standard InChI is InChI=1S/C20H32N6O8/c1-9(2)16(19(32)24-12(20(33)34)4-5-14(28)29)26-17(30)13(6-11-7-22-8-23-11)25-18(31)15(21)10(3)27/h7-10,12-13,15-16,27H,4-6,21H2,1-3H3,(H,22,23)(H,24,32)(H,25,31)(H,26,30)(H,28,29)(H,33,34). The number of hydrogen-bond donors (Lipinski definition) is 8. The SMILES string of the molecule is CC(C)C(NC(=O)C(Cc1cnc[nH]1)NC(=O)C(N)C(C)O)C(=O)NC(CCC(=O)O)C(=O)O. The third-order valence-electron chi connectivity index (χ3n) is 4.94. The van der Waals surface area contributed by atoms with Crippen molar-refractivity contribution in [2.75, 3.05) is 0 Å². The number of carbonyl (C=O) groups is 5. The Morgan fingerprint density at radius 1 is 1.00 bits per heavy atom. The molecule has 190 valence electrons. The molecule has 0 aliphatic heterocycles. The fourth-order valence-electron chi connectivity index (χ4n) is 2.89. The molecule has 34 heavy (non-hydrogen) atoms. The molecular formula is C20H32N6O8. The Labute approximate surface area is 195 Å². The Bertz CT molecular complexity index is 857. The maximum Gasteiger partial charge on any atom is 0.326 e. The fraction of sp³-hybridized carbons (Fsp3) is 0.600. The van der Waals surface area contributed by atoms with Crippen LogP contribution in [0.15, 0.2) is 12.5 Å². The number of aromatic amines is 1. The maximum absolute atomic E-state index is 13.0. The minimum absolute atomic E-state index is 0.0348. The van der Waals surface area contributed by atoms with Gasteiger partial charge in [-0.15, -0.1) is 0 Å². The molecule has 0 radical (unpaired) electrons. The number of carboxylic acid groups (broad SMARTS) is 2. The van der Waals surface area contributed by atoms with Crippen LogP contribution in [0.2, 0.25) is 0 Å². The summed E-state index contributed by atoms with van der Waals surface area (Å²) in [6.45, 7) is 4.54. The van der Waals surface area contributed by atoms with Crippen LogP contribution in [0.5, 0.6) is 0 Å². The molecule has 3 amide bonds. The molecule has 1 rings (SSSR count). The summed E-state index contributed by atoms with van der Waals surface area (Å²) in [4.78, 5) is 66.9. The maximum atomic E-state index is 13.0. The molecular weight excluding hydrogens is 452 g/mol. The molecule has 0 fully saturated rings. The molecule has 5 atom stereocenters. The predicted molar refractivity (Wildman–Crippen MR) is 117 cm³/mol. The first-order chi connectivity index (χ1) is 15.8. The minimum atomic E-state index is -1.47. The second kappa shape index (κ2) is 13.3. The number of aliphatic hydroxyl groups is 1. The van der Waals surface area contributed by atoms with Crippen molar-refractivity contribution in [2.45, 2.75) is 70.3 Å². The highest BCUT2D eigenvalue weighted by Crippen LogP contribution is 2.07. The lowest BCUT2D eigenvalue weighted by Gasteiger charge is -2.27. The zero-order valence-corrected chi connectivity index (χ0v) is 19.1. The van der Waals surface area contributed by atoms with E-state index < -0.39 is 72.3 Å². The molecule has 0 bridgehead atoms. The van der Waals surface area contributed by atoms with Gasteiger partial charge in [-0.3, -0.25) is 19.2 Å². The molecule has 1 aromatic rings. The van der Waals surface area contributed by atoms with Gasteiger partial charge in [-0.1, -0.05) is 13.8 Å². The van der Waals surface area contributed by atoms with Crippen molar-refractivity contribution in [2.24, 2.45) is 11.7 Å². The summed E-state index contributed by atoms with van der Waals surface area (Å²) in [6.07, 6.45) is 0.786. The van der Waals surface area contributed by atoms with Crippen LogP contribution in [-0.4, -0.2) is 85.2 Å². The van der Waals surface area contributed by atoms with E-state index in [1.165, 1.54) is 19.4 Å². The van der Waals surface area contributed by atoms with Crippen LogP contribution in [0.3, 0.4) is 0 Å². The third-order valence-corrected chi connectivity index (χ3v) is 4.94. The number of nitrogens with one attached hydrogen (secondary N) is 4. The van der Waals surface area contributed by atoms with Crippen molar-refractivity contribution in [3.8, 4) is 0 Å². The Kier molecular flexibility index (Phi) is 11.1. The Hall–Kier alpha value is -3.52. The Morgan fingerprint density at radius 2 is 1.62 bits per heavy atom. The van der Waals surface area contributed by atoms with Crippen molar-refractivity contribution < 1.29 is 39.3 Å². The van der Waals surface area contributed by atoms with Crippen LogP contribution in [0.25, 0.3) is 0 Å². The molecule has 0 aromatic carbocycles. The van der Waals surface area contributed by atoms with Crippen LogP contribution >= 0.6 is 0 Å². The highest BCUT2D eigenvalue weighted by molar-refractivity contribution is 5.94. The molecule has 0 spiro atoms. The molecule has 1 aromatic heterocycles. The van der Waals surface area contributed by atoms with Gasteiger partial charge in [0.2, 0.25) is 17.7 Å². The summed E-state index contributed by atoms with van der Waals surface area (Å²) in [5.74, 6) is -5.50. The number of aliphatic carboxylic acids is 2. The summed E-state index contributed by atoms with van der Waals surface area (Å²) >= 11 is 0. The number of carboxylic acids is 2. The monoisotopic (exact) mass is 484 g/mol. The number of H-pyrrole nitrogens is 1.